The second kappa shape index (κ2) is 7.18. The van der Waals surface area contributed by atoms with Gasteiger partial charge in [0.25, 0.3) is 0 Å². The number of aliphatic carboxylic acids is 1. The van der Waals surface area contributed by atoms with Crippen LogP contribution in [0.2, 0.25) is 0 Å². The van der Waals surface area contributed by atoms with Gasteiger partial charge in [0.2, 0.25) is 0 Å². The Hall–Kier alpha value is -1.49. The molecule has 0 saturated heterocycles. The van der Waals surface area contributed by atoms with Crippen molar-refractivity contribution in [1.29, 1.82) is 0 Å². The molecule has 0 aliphatic heterocycles. The van der Waals surface area contributed by atoms with Gasteiger partial charge in [-0.2, -0.15) is 0 Å². The van der Waals surface area contributed by atoms with Gasteiger partial charge >= 0.3 is 5.97 Å². The van der Waals surface area contributed by atoms with Gasteiger partial charge in [0.15, 0.2) is 0 Å². The van der Waals surface area contributed by atoms with E-state index in [1.165, 1.54) is 12.1 Å². The molecule has 0 bridgehead atoms. The Kier molecular flexibility index (Phi) is 5.51. The van der Waals surface area contributed by atoms with Crippen molar-refractivity contribution in [2.45, 2.75) is 51.6 Å². The molecular formula is C17H23F2NO2. The van der Waals surface area contributed by atoms with Crippen LogP contribution in [0, 0.1) is 23.5 Å². The molecule has 1 aromatic carbocycles. The van der Waals surface area contributed by atoms with E-state index in [9.17, 15) is 13.6 Å². The predicted octanol–water partition coefficient (Wildman–Crippen LogP) is 3.89. The number of hydrogen-bond acceptors (Lipinski definition) is 2. The first-order valence-corrected chi connectivity index (χ1v) is 7.82. The minimum absolute atomic E-state index is 0.150. The number of carboxylic acid groups (broad SMARTS) is 1. The predicted molar refractivity (Wildman–Crippen MR) is 80.5 cm³/mol. The summed E-state index contributed by atoms with van der Waals surface area (Å²) in [6, 6.07) is 3.65. The fourth-order valence-electron chi connectivity index (χ4n) is 3.16. The first kappa shape index (κ1) is 16.9. The molecule has 22 heavy (non-hydrogen) atoms. The maximum Gasteiger partial charge on any atom is 0.306 e. The first-order chi connectivity index (χ1) is 10.4. The highest BCUT2D eigenvalue weighted by atomic mass is 19.1. The molecule has 0 radical (unpaired) electrons. The molecule has 122 valence electrons. The Morgan fingerprint density at radius 2 is 1.86 bits per heavy atom. The maximum absolute atomic E-state index is 14.0. The summed E-state index contributed by atoms with van der Waals surface area (Å²) in [5.41, 5.74) is 0.469. The lowest BCUT2D eigenvalue weighted by molar-refractivity contribution is -0.142. The van der Waals surface area contributed by atoms with Crippen molar-refractivity contribution in [1.82, 2.24) is 5.32 Å². The van der Waals surface area contributed by atoms with Crippen molar-refractivity contribution in [3.8, 4) is 0 Å². The van der Waals surface area contributed by atoms with Crippen LogP contribution in [0.15, 0.2) is 18.2 Å². The van der Waals surface area contributed by atoms with E-state index in [4.69, 9.17) is 5.11 Å². The fraction of sp³-hybridized carbons (Fsp3) is 0.588. The number of carboxylic acids is 1. The van der Waals surface area contributed by atoms with Gasteiger partial charge in [-0.05, 0) is 37.7 Å². The summed E-state index contributed by atoms with van der Waals surface area (Å²) < 4.78 is 27.1. The minimum atomic E-state index is -0.733. The Bertz CT molecular complexity index is 525. The summed E-state index contributed by atoms with van der Waals surface area (Å²) in [4.78, 5) is 11.0. The lowest BCUT2D eigenvalue weighted by Crippen LogP contribution is -2.39. The summed E-state index contributed by atoms with van der Waals surface area (Å²) in [5.74, 6) is -1.96. The highest BCUT2D eigenvalue weighted by molar-refractivity contribution is 5.70. The van der Waals surface area contributed by atoms with Crippen LogP contribution in [-0.4, -0.2) is 17.1 Å². The van der Waals surface area contributed by atoms with Crippen molar-refractivity contribution in [2.24, 2.45) is 11.8 Å². The average Bonchev–Trinajstić information content (AvgIpc) is 2.45. The molecule has 5 heteroatoms. The molecule has 0 spiro atoms. The molecule has 0 heterocycles. The molecule has 1 saturated carbocycles. The average molecular weight is 311 g/mol. The topological polar surface area (TPSA) is 49.3 Å². The van der Waals surface area contributed by atoms with Gasteiger partial charge < -0.3 is 10.4 Å². The lowest BCUT2D eigenvalue weighted by Gasteiger charge is -2.33. The molecule has 2 rings (SSSR count). The van der Waals surface area contributed by atoms with Gasteiger partial charge in [-0.25, -0.2) is 8.78 Å². The van der Waals surface area contributed by atoms with Gasteiger partial charge in [-0.3, -0.25) is 4.79 Å². The molecule has 1 aliphatic rings. The van der Waals surface area contributed by atoms with Crippen molar-refractivity contribution in [3.63, 3.8) is 0 Å². The monoisotopic (exact) mass is 311 g/mol. The molecule has 1 aromatic rings. The largest absolute Gasteiger partial charge is 0.481 e. The zero-order chi connectivity index (χ0) is 16.3. The second-order valence-corrected chi connectivity index (χ2v) is 6.44. The summed E-state index contributed by atoms with van der Waals surface area (Å²) in [7, 11) is 0. The zero-order valence-corrected chi connectivity index (χ0v) is 13.0. The smallest absolute Gasteiger partial charge is 0.306 e. The normalized spacial score (nSPS) is 23.5. The van der Waals surface area contributed by atoms with Crippen LogP contribution in [-0.2, 0) is 4.79 Å². The summed E-state index contributed by atoms with van der Waals surface area (Å²) in [6.07, 6.45) is 2.82. The van der Waals surface area contributed by atoms with E-state index >= 15 is 0 Å². The van der Waals surface area contributed by atoms with E-state index in [1.807, 2.05) is 13.8 Å². The zero-order valence-electron chi connectivity index (χ0n) is 13.0. The van der Waals surface area contributed by atoms with E-state index in [-0.39, 0.29) is 23.9 Å². The molecule has 3 nitrogen and oxygen atoms in total. The van der Waals surface area contributed by atoms with Crippen LogP contribution in [0.5, 0.6) is 0 Å². The van der Waals surface area contributed by atoms with Crippen LogP contribution in [0.25, 0.3) is 0 Å². The second-order valence-electron chi connectivity index (χ2n) is 6.44. The highest BCUT2D eigenvalue weighted by Crippen LogP contribution is 2.30. The van der Waals surface area contributed by atoms with Crippen molar-refractivity contribution < 1.29 is 18.7 Å². The molecule has 2 N–H and O–H groups in total. The number of benzene rings is 1. The van der Waals surface area contributed by atoms with E-state index < -0.39 is 17.6 Å². The van der Waals surface area contributed by atoms with E-state index in [1.54, 1.807) is 0 Å². The molecule has 1 unspecified atom stereocenters. The van der Waals surface area contributed by atoms with Crippen LogP contribution in [0.3, 0.4) is 0 Å². The Morgan fingerprint density at radius 3 is 2.36 bits per heavy atom. The van der Waals surface area contributed by atoms with Crippen molar-refractivity contribution >= 4 is 5.97 Å². The molecule has 1 aliphatic carbocycles. The number of rotatable bonds is 5. The SMILES string of the molecule is CC(C)C(NC1CCC(C(=O)O)CC1)c1ccc(F)cc1F. The Balaban J connectivity index is 2.05. The minimum Gasteiger partial charge on any atom is -0.481 e. The Labute approximate surface area is 129 Å². The fourth-order valence-corrected chi connectivity index (χ4v) is 3.16. The third-order valence-corrected chi connectivity index (χ3v) is 4.46. The third kappa shape index (κ3) is 4.03. The standard InChI is InChI=1S/C17H23F2NO2/c1-10(2)16(14-8-5-12(18)9-15(14)19)20-13-6-3-11(4-7-13)17(21)22/h5,8-11,13,16,20H,3-4,6-7H2,1-2H3,(H,21,22). The van der Waals surface area contributed by atoms with Gasteiger partial charge in [0.05, 0.1) is 5.92 Å². The van der Waals surface area contributed by atoms with Crippen LogP contribution in [0.4, 0.5) is 8.78 Å². The van der Waals surface area contributed by atoms with Crippen LogP contribution in [0.1, 0.15) is 51.1 Å². The quantitative estimate of drug-likeness (QED) is 0.867. The van der Waals surface area contributed by atoms with Gasteiger partial charge in [0.1, 0.15) is 11.6 Å². The number of halogens is 2. The number of carbonyl (C=O) groups is 1. The first-order valence-electron chi connectivity index (χ1n) is 7.82. The van der Waals surface area contributed by atoms with E-state index in [0.29, 0.717) is 18.4 Å². The Morgan fingerprint density at radius 1 is 1.23 bits per heavy atom. The number of nitrogens with one attached hydrogen (secondary N) is 1. The molecule has 1 fully saturated rings. The van der Waals surface area contributed by atoms with E-state index in [0.717, 1.165) is 18.9 Å². The molecule has 0 amide bonds. The third-order valence-electron chi connectivity index (χ3n) is 4.46. The van der Waals surface area contributed by atoms with Crippen LogP contribution < -0.4 is 5.32 Å². The highest BCUT2D eigenvalue weighted by Gasteiger charge is 2.29. The van der Waals surface area contributed by atoms with Gasteiger partial charge in [-0.1, -0.05) is 19.9 Å². The lowest BCUT2D eigenvalue weighted by atomic mass is 9.84. The van der Waals surface area contributed by atoms with Gasteiger partial charge in [0, 0.05) is 23.7 Å². The molecular weight excluding hydrogens is 288 g/mol. The summed E-state index contributed by atoms with van der Waals surface area (Å²) in [5, 5.41) is 12.5. The molecule has 1 atom stereocenters. The maximum atomic E-state index is 14.0. The number of hydrogen-bond donors (Lipinski definition) is 2. The van der Waals surface area contributed by atoms with Crippen molar-refractivity contribution in [2.75, 3.05) is 0 Å². The summed E-state index contributed by atoms with van der Waals surface area (Å²) >= 11 is 0. The van der Waals surface area contributed by atoms with Crippen LogP contribution >= 0.6 is 0 Å². The van der Waals surface area contributed by atoms with E-state index in [2.05, 4.69) is 5.32 Å². The van der Waals surface area contributed by atoms with Gasteiger partial charge in [-0.15, -0.1) is 0 Å². The summed E-state index contributed by atoms with van der Waals surface area (Å²) in [6.45, 7) is 3.98. The molecule has 0 aromatic heterocycles. The van der Waals surface area contributed by atoms with Crippen molar-refractivity contribution in [3.05, 3.63) is 35.4 Å².